The van der Waals surface area contributed by atoms with Gasteiger partial charge in [0.15, 0.2) is 0 Å². The lowest BCUT2D eigenvalue weighted by Gasteiger charge is -2.22. The molecule has 0 radical (unpaired) electrons. The standard InChI is InChI=1S/C17H22N2OS/c20-16(18-13-7-2-1-3-8-13)11-6-12-17-19-14-9-4-5-10-15(14)21-17/h4-5,9-10,13H,1-3,6-8,11-12H2,(H,18,20). The highest BCUT2D eigenvalue weighted by atomic mass is 32.1. The number of para-hydroxylation sites is 1. The fourth-order valence-corrected chi connectivity index (χ4v) is 3.98. The van der Waals surface area contributed by atoms with Crippen molar-refractivity contribution in [1.82, 2.24) is 10.3 Å². The molecule has 0 aliphatic heterocycles. The first-order valence-corrected chi connectivity index (χ1v) is 8.77. The van der Waals surface area contributed by atoms with Gasteiger partial charge in [-0.15, -0.1) is 11.3 Å². The van der Waals surface area contributed by atoms with Crippen LogP contribution in [0.15, 0.2) is 24.3 Å². The highest BCUT2D eigenvalue weighted by Gasteiger charge is 2.15. The Kier molecular flexibility index (Phi) is 4.86. The zero-order chi connectivity index (χ0) is 14.5. The van der Waals surface area contributed by atoms with E-state index >= 15 is 0 Å². The summed E-state index contributed by atoms with van der Waals surface area (Å²) in [6.07, 6.45) is 8.56. The quantitative estimate of drug-likeness (QED) is 0.904. The number of hydrogen-bond acceptors (Lipinski definition) is 3. The summed E-state index contributed by atoms with van der Waals surface area (Å²) in [6.45, 7) is 0. The van der Waals surface area contributed by atoms with Crippen molar-refractivity contribution in [3.63, 3.8) is 0 Å². The Bertz CT molecular complexity index is 569. The second kappa shape index (κ2) is 7.03. The normalized spacial score (nSPS) is 16.2. The number of rotatable bonds is 5. The Labute approximate surface area is 129 Å². The summed E-state index contributed by atoms with van der Waals surface area (Å²) >= 11 is 1.74. The third kappa shape index (κ3) is 4.03. The lowest BCUT2D eigenvalue weighted by Crippen LogP contribution is -2.36. The predicted octanol–water partition coefficient (Wildman–Crippen LogP) is 4.07. The molecule has 1 aromatic carbocycles. The highest BCUT2D eigenvalue weighted by molar-refractivity contribution is 7.18. The van der Waals surface area contributed by atoms with Gasteiger partial charge in [-0.1, -0.05) is 31.4 Å². The summed E-state index contributed by atoms with van der Waals surface area (Å²) in [7, 11) is 0. The Morgan fingerprint density at radius 3 is 2.86 bits per heavy atom. The van der Waals surface area contributed by atoms with Gasteiger partial charge in [-0.3, -0.25) is 4.79 Å². The molecule has 0 bridgehead atoms. The van der Waals surface area contributed by atoms with Crippen molar-refractivity contribution < 1.29 is 4.79 Å². The van der Waals surface area contributed by atoms with E-state index in [9.17, 15) is 4.79 Å². The van der Waals surface area contributed by atoms with Gasteiger partial charge in [-0.25, -0.2) is 4.98 Å². The zero-order valence-corrected chi connectivity index (χ0v) is 13.1. The zero-order valence-electron chi connectivity index (χ0n) is 12.3. The SMILES string of the molecule is O=C(CCCc1nc2ccccc2s1)NC1CCCCC1. The maximum absolute atomic E-state index is 11.9. The molecule has 112 valence electrons. The molecule has 1 fully saturated rings. The topological polar surface area (TPSA) is 42.0 Å². The van der Waals surface area contributed by atoms with E-state index in [1.54, 1.807) is 11.3 Å². The number of benzene rings is 1. The molecule has 0 spiro atoms. The van der Waals surface area contributed by atoms with Gasteiger partial charge in [-0.05, 0) is 37.8 Å². The fraction of sp³-hybridized carbons (Fsp3) is 0.529. The average molecular weight is 302 g/mol. The van der Waals surface area contributed by atoms with Crippen LogP contribution in [-0.2, 0) is 11.2 Å². The molecular weight excluding hydrogens is 280 g/mol. The average Bonchev–Trinajstić information content (AvgIpc) is 2.91. The summed E-state index contributed by atoms with van der Waals surface area (Å²) < 4.78 is 1.24. The summed E-state index contributed by atoms with van der Waals surface area (Å²) in [5, 5.41) is 4.32. The van der Waals surface area contributed by atoms with E-state index in [2.05, 4.69) is 16.4 Å². The van der Waals surface area contributed by atoms with Crippen LogP contribution in [0.4, 0.5) is 0 Å². The summed E-state index contributed by atoms with van der Waals surface area (Å²) in [5.41, 5.74) is 1.07. The van der Waals surface area contributed by atoms with Crippen LogP contribution in [0.25, 0.3) is 10.2 Å². The van der Waals surface area contributed by atoms with E-state index in [4.69, 9.17) is 0 Å². The van der Waals surface area contributed by atoms with Crippen molar-refractivity contribution in [2.24, 2.45) is 0 Å². The lowest BCUT2D eigenvalue weighted by atomic mass is 9.95. The van der Waals surface area contributed by atoms with Crippen LogP contribution in [0.2, 0.25) is 0 Å². The predicted molar refractivity (Wildman–Crippen MR) is 87.6 cm³/mol. The van der Waals surface area contributed by atoms with Gasteiger partial charge >= 0.3 is 0 Å². The third-order valence-corrected chi connectivity index (χ3v) is 5.20. The second-order valence-corrected chi connectivity index (χ2v) is 6.95. The van der Waals surface area contributed by atoms with Gasteiger partial charge in [0.05, 0.1) is 15.2 Å². The van der Waals surface area contributed by atoms with Crippen molar-refractivity contribution >= 4 is 27.5 Å². The fourth-order valence-electron chi connectivity index (χ4n) is 2.97. The van der Waals surface area contributed by atoms with Gasteiger partial charge < -0.3 is 5.32 Å². The van der Waals surface area contributed by atoms with E-state index < -0.39 is 0 Å². The van der Waals surface area contributed by atoms with Crippen LogP contribution in [-0.4, -0.2) is 16.9 Å². The minimum atomic E-state index is 0.211. The number of nitrogens with one attached hydrogen (secondary N) is 1. The van der Waals surface area contributed by atoms with Gasteiger partial charge in [0.25, 0.3) is 0 Å². The van der Waals surface area contributed by atoms with Crippen molar-refractivity contribution in [2.75, 3.05) is 0 Å². The highest BCUT2D eigenvalue weighted by Crippen LogP contribution is 2.23. The Hall–Kier alpha value is -1.42. The number of aromatic nitrogens is 1. The molecule has 4 heteroatoms. The Morgan fingerprint density at radius 1 is 1.24 bits per heavy atom. The Balaban J connectivity index is 1.43. The molecule has 21 heavy (non-hydrogen) atoms. The summed E-state index contributed by atoms with van der Waals surface area (Å²) in [6, 6.07) is 8.64. The largest absolute Gasteiger partial charge is 0.353 e. The number of hydrogen-bond donors (Lipinski definition) is 1. The molecule has 3 nitrogen and oxygen atoms in total. The maximum atomic E-state index is 11.9. The molecule has 1 amide bonds. The van der Waals surface area contributed by atoms with E-state index in [0.717, 1.165) is 36.2 Å². The number of thiazole rings is 1. The van der Waals surface area contributed by atoms with Crippen LogP contribution in [0.5, 0.6) is 0 Å². The molecule has 1 N–H and O–H groups in total. The summed E-state index contributed by atoms with van der Waals surface area (Å²) in [4.78, 5) is 16.6. The monoisotopic (exact) mass is 302 g/mol. The first-order valence-electron chi connectivity index (χ1n) is 7.95. The maximum Gasteiger partial charge on any atom is 0.220 e. The second-order valence-electron chi connectivity index (χ2n) is 5.83. The third-order valence-electron chi connectivity index (χ3n) is 4.10. The molecule has 1 aromatic heterocycles. The minimum absolute atomic E-state index is 0.211. The van der Waals surface area contributed by atoms with Crippen molar-refractivity contribution in [3.8, 4) is 0 Å². The number of nitrogens with zero attached hydrogens (tertiary/aromatic N) is 1. The van der Waals surface area contributed by atoms with Crippen molar-refractivity contribution in [1.29, 1.82) is 0 Å². The van der Waals surface area contributed by atoms with Crippen LogP contribution in [0.3, 0.4) is 0 Å². The van der Waals surface area contributed by atoms with Gasteiger partial charge in [-0.2, -0.15) is 0 Å². The van der Waals surface area contributed by atoms with Crippen LogP contribution < -0.4 is 5.32 Å². The van der Waals surface area contributed by atoms with Crippen LogP contribution in [0, 0.1) is 0 Å². The number of carbonyl (C=O) groups is 1. The van der Waals surface area contributed by atoms with E-state index in [-0.39, 0.29) is 5.91 Å². The number of carbonyl (C=O) groups excluding carboxylic acids is 1. The van der Waals surface area contributed by atoms with Gasteiger partial charge in [0, 0.05) is 12.5 Å². The number of fused-ring (bicyclic) bond motifs is 1. The molecule has 0 saturated heterocycles. The van der Waals surface area contributed by atoms with E-state index in [1.165, 1.54) is 24.0 Å². The number of aryl methyl sites for hydroxylation is 1. The first kappa shape index (κ1) is 14.5. The molecule has 1 heterocycles. The first-order chi connectivity index (χ1) is 10.3. The van der Waals surface area contributed by atoms with Gasteiger partial charge in [0.1, 0.15) is 0 Å². The van der Waals surface area contributed by atoms with Crippen LogP contribution >= 0.6 is 11.3 Å². The van der Waals surface area contributed by atoms with E-state index in [0.29, 0.717) is 12.5 Å². The smallest absolute Gasteiger partial charge is 0.220 e. The molecule has 0 unspecified atom stereocenters. The van der Waals surface area contributed by atoms with Gasteiger partial charge in [0.2, 0.25) is 5.91 Å². The van der Waals surface area contributed by atoms with Crippen molar-refractivity contribution in [2.45, 2.75) is 57.4 Å². The van der Waals surface area contributed by atoms with Crippen LogP contribution in [0.1, 0.15) is 50.0 Å². The molecule has 1 aliphatic rings. The minimum Gasteiger partial charge on any atom is -0.353 e. The van der Waals surface area contributed by atoms with Crippen molar-refractivity contribution in [3.05, 3.63) is 29.3 Å². The number of amides is 1. The molecular formula is C17H22N2OS. The molecule has 1 aliphatic carbocycles. The molecule has 3 rings (SSSR count). The molecule has 2 aromatic rings. The molecule has 0 atom stereocenters. The lowest BCUT2D eigenvalue weighted by molar-refractivity contribution is -0.122. The molecule has 1 saturated carbocycles. The van der Waals surface area contributed by atoms with E-state index in [1.807, 2.05) is 18.2 Å². The summed E-state index contributed by atoms with van der Waals surface area (Å²) in [5.74, 6) is 0.211. The Morgan fingerprint density at radius 2 is 2.05 bits per heavy atom.